The van der Waals surface area contributed by atoms with Gasteiger partial charge in [-0.3, -0.25) is 19.6 Å². The third-order valence-corrected chi connectivity index (χ3v) is 4.85. The van der Waals surface area contributed by atoms with E-state index in [1.54, 1.807) is 23.5 Å². The summed E-state index contributed by atoms with van der Waals surface area (Å²) in [5, 5.41) is 2.01. The predicted molar refractivity (Wildman–Crippen MR) is 102 cm³/mol. The zero-order valence-electron chi connectivity index (χ0n) is 14.9. The maximum Gasteiger partial charge on any atom is 0.272 e. The minimum atomic E-state index is -0.0832. The van der Waals surface area contributed by atoms with Crippen molar-refractivity contribution < 1.29 is 9.59 Å². The Hall–Kier alpha value is -3.28. The number of benzene rings is 1. The van der Waals surface area contributed by atoms with E-state index >= 15 is 0 Å². The Morgan fingerprint density at radius 1 is 0.889 bits per heavy atom. The molecule has 1 aliphatic heterocycles. The number of carbonyl (C=O) groups excluding carboxylic acids is 2. The smallest absolute Gasteiger partial charge is 0.272 e. The van der Waals surface area contributed by atoms with Gasteiger partial charge >= 0.3 is 0 Å². The minimum Gasteiger partial charge on any atom is -0.339 e. The molecule has 6 nitrogen and oxygen atoms in total. The second kappa shape index (κ2) is 7.53. The predicted octanol–water partition coefficient (Wildman–Crippen LogP) is 2.16. The summed E-state index contributed by atoms with van der Waals surface area (Å²) in [5.41, 5.74) is 1.35. The van der Waals surface area contributed by atoms with Gasteiger partial charge in [0.2, 0.25) is 5.91 Å². The number of pyridine rings is 2. The van der Waals surface area contributed by atoms with Crippen LogP contribution in [0.25, 0.3) is 10.8 Å². The van der Waals surface area contributed by atoms with Gasteiger partial charge in [0, 0.05) is 50.2 Å². The van der Waals surface area contributed by atoms with Crippen LogP contribution in [0.3, 0.4) is 0 Å². The molecule has 0 radical (unpaired) electrons. The van der Waals surface area contributed by atoms with Crippen LogP contribution in [-0.2, 0) is 11.2 Å². The molecule has 6 heteroatoms. The molecular weight excluding hydrogens is 340 g/mol. The van der Waals surface area contributed by atoms with Gasteiger partial charge in [0.25, 0.3) is 5.91 Å². The Labute approximate surface area is 157 Å². The molecule has 0 bridgehead atoms. The van der Waals surface area contributed by atoms with Crippen molar-refractivity contribution >= 4 is 22.6 Å². The molecule has 3 heterocycles. The first-order valence-electron chi connectivity index (χ1n) is 9.01. The largest absolute Gasteiger partial charge is 0.339 e. The molecule has 136 valence electrons. The van der Waals surface area contributed by atoms with Gasteiger partial charge in [0.05, 0.1) is 6.42 Å². The van der Waals surface area contributed by atoms with E-state index in [0.29, 0.717) is 38.3 Å². The number of hydrogen-bond donors (Lipinski definition) is 0. The van der Waals surface area contributed by atoms with E-state index in [9.17, 15) is 9.59 Å². The highest BCUT2D eigenvalue weighted by Gasteiger charge is 2.25. The first-order valence-corrected chi connectivity index (χ1v) is 9.01. The Balaban J connectivity index is 1.38. The van der Waals surface area contributed by atoms with Gasteiger partial charge in [-0.15, -0.1) is 0 Å². The van der Waals surface area contributed by atoms with Crippen LogP contribution in [0.5, 0.6) is 0 Å². The van der Waals surface area contributed by atoms with E-state index in [1.165, 1.54) is 0 Å². The van der Waals surface area contributed by atoms with E-state index < -0.39 is 0 Å². The van der Waals surface area contributed by atoms with Gasteiger partial charge < -0.3 is 9.80 Å². The molecule has 2 aromatic heterocycles. The fourth-order valence-electron chi connectivity index (χ4n) is 3.31. The van der Waals surface area contributed by atoms with Crippen LogP contribution in [0, 0.1) is 0 Å². The number of nitrogens with zero attached hydrogens (tertiary/aromatic N) is 4. The second-order valence-electron chi connectivity index (χ2n) is 6.63. The molecule has 0 spiro atoms. The van der Waals surface area contributed by atoms with E-state index in [-0.39, 0.29) is 11.8 Å². The number of aromatic nitrogens is 2. The lowest BCUT2D eigenvalue weighted by atomic mass is 10.1. The summed E-state index contributed by atoms with van der Waals surface area (Å²) in [7, 11) is 0. The lowest BCUT2D eigenvalue weighted by molar-refractivity contribution is -0.131. The molecule has 3 aromatic rings. The van der Waals surface area contributed by atoms with Crippen LogP contribution in [0.1, 0.15) is 16.1 Å². The van der Waals surface area contributed by atoms with Gasteiger partial charge in [0.1, 0.15) is 5.69 Å². The summed E-state index contributed by atoms with van der Waals surface area (Å²) in [6, 6.07) is 13.4. The summed E-state index contributed by atoms with van der Waals surface area (Å²) >= 11 is 0. The van der Waals surface area contributed by atoms with Crippen molar-refractivity contribution in [3.63, 3.8) is 0 Å². The topological polar surface area (TPSA) is 66.4 Å². The number of hydrogen-bond acceptors (Lipinski definition) is 4. The van der Waals surface area contributed by atoms with Gasteiger partial charge in [0.15, 0.2) is 0 Å². The van der Waals surface area contributed by atoms with Gasteiger partial charge in [-0.25, -0.2) is 0 Å². The lowest BCUT2D eigenvalue weighted by Gasteiger charge is -2.34. The highest BCUT2D eigenvalue weighted by Crippen LogP contribution is 2.15. The summed E-state index contributed by atoms with van der Waals surface area (Å²) in [4.78, 5) is 37.1. The number of carbonyl (C=O) groups is 2. The fourth-order valence-corrected chi connectivity index (χ4v) is 3.31. The Morgan fingerprint density at radius 3 is 2.37 bits per heavy atom. The Morgan fingerprint density at radius 2 is 1.63 bits per heavy atom. The molecule has 0 atom stereocenters. The van der Waals surface area contributed by atoms with Crippen molar-refractivity contribution in [1.29, 1.82) is 0 Å². The number of amides is 2. The van der Waals surface area contributed by atoms with Crippen molar-refractivity contribution in [3.05, 3.63) is 72.3 Å². The molecule has 1 aromatic carbocycles. The summed E-state index contributed by atoms with van der Waals surface area (Å²) in [6.45, 7) is 2.12. The monoisotopic (exact) mass is 360 g/mol. The molecule has 27 heavy (non-hydrogen) atoms. The second-order valence-corrected chi connectivity index (χ2v) is 6.63. The summed E-state index contributed by atoms with van der Waals surface area (Å²) in [5.74, 6) is -0.0148. The van der Waals surface area contributed by atoms with E-state index in [1.807, 2.05) is 47.4 Å². The molecule has 4 rings (SSSR count). The molecule has 1 aliphatic rings. The normalized spacial score (nSPS) is 14.4. The average Bonchev–Trinajstić information content (AvgIpc) is 2.73. The molecule has 2 amide bonds. The molecule has 1 fully saturated rings. The molecule has 0 saturated carbocycles. The molecular formula is C21H20N4O2. The van der Waals surface area contributed by atoms with Crippen LogP contribution in [-0.4, -0.2) is 57.8 Å². The minimum absolute atomic E-state index is 0.0685. The third kappa shape index (κ3) is 3.79. The van der Waals surface area contributed by atoms with Gasteiger partial charge in [-0.2, -0.15) is 0 Å². The van der Waals surface area contributed by atoms with Crippen LogP contribution >= 0.6 is 0 Å². The molecule has 1 saturated heterocycles. The van der Waals surface area contributed by atoms with E-state index in [0.717, 1.165) is 16.3 Å². The molecule has 0 aliphatic carbocycles. The van der Waals surface area contributed by atoms with Crippen molar-refractivity contribution in [2.24, 2.45) is 0 Å². The SMILES string of the molecule is O=C(Cc1cccnc1)N1CCN(C(=O)c2cc3ccccc3cn2)CC1. The average molecular weight is 360 g/mol. The quantitative estimate of drug-likeness (QED) is 0.718. The third-order valence-electron chi connectivity index (χ3n) is 4.85. The zero-order valence-corrected chi connectivity index (χ0v) is 14.9. The van der Waals surface area contributed by atoms with Crippen LogP contribution in [0.15, 0.2) is 61.1 Å². The Bertz CT molecular complexity index is 966. The molecule has 0 unspecified atom stereocenters. The zero-order chi connectivity index (χ0) is 18.6. The van der Waals surface area contributed by atoms with Crippen LogP contribution in [0.2, 0.25) is 0 Å². The first kappa shape index (κ1) is 17.1. The van der Waals surface area contributed by atoms with Gasteiger partial charge in [-0.1, -0.05) is 30.3 Å². The highest BCUT2D eigenvalue weighted by molar-refractivity contribution is 5.96. The lowest BCUT2D eigenvalue weighted by Crippen LogP contribution is -2.51. The fraction of sp³-hybridized carbons (Fsp3) is 0.238. The number of fused-ring (bicyclic) bond motifs is 1. The van der Waals surface area contributed by atoms with Crippen molar-refractivity contribution in [1.82, 2.24) is 19.8 Å². The number of rotatable bonds is 3. The first-order chi connectivity index (χ1) is 13.2. The maximum atomic E-state index is 12.8. The van der Waals surface area contributed by atoms with E-state index in [2.05, 4.69) is 9.97 Å². The summed E-state index contributed by atoms with van der Waals surface area (Å²) in [6.07, 6.45) is 5.48. The van der Waals surface area contributed by atoms with Crippen molar-refractivity contribution in [2.75, 3.05) is 26.2 Å². The van der Waals surface area contributed by atoms with E-state index in [4.69, 9.17) is 0 Å². The molecule has 0 N–H and O–H groups in total. The van der Waals surface area contributed by atoms with Crippen LogP contribution < -0.4 is 0 Å². The van der Waals surface area contributed by atoms with Crippen molar-refractivity contribution in [2.45, 2.75) is 6.42 Å². The van der Waals surface area contributed by atoms with Crippen molar-refractivity contribution in [3.8, 4) is 0 Å². The standard InChI is InChI=1S/C21H20N4O2/c26-20(12-16-4-3-7-22-14-16)24-8-10-25(11-9-24)21(27)19-13-17-5-1-2-6-18(17)15-23-19/h1-7,13-15H,8-12H2. The van der Waals surface area contributed by atoms with Crippen LogP contribution in [0.4, 0.5) is 0 Å². The summed E-state index contributed by atoms with van der Waals surface area (Å²) < 4.78 is 0. The maximum absolute atomic E-state index is 12.8. The highest BCUT2D eigenvalue weighted by atomic mass is 16.2. The Kier molecular flexibility index (Phi) is 4.78. The number of piperazine rings is 1. The van der Waals surface area contributed by atoms with Gasteiger partial charge in [-0.05, 0) is 23.1 Å².